The average Bonchev–Trinajstić information content (AvgIpc) is 3.18. The first kappa shape index (κ1) is 25.4. The van der Waals surface area contributed by atoms with E-state index >= 15 is 0 Å². The highest BCUT2D eigenvalue weighted by Crippen LogP contribution is 2.69. The molecule has 3 aliphatic carbocycles. The second kappa shape index (κ2) is 8.84. The Labute approximate surface area is 235 Å². The summed E-state index contributed by atoms with van der Waals surface area (Å²) in [6.45, 7) is 3.46. The van der Waals surface area contributed by atoms with Crippen LogP contribution in [0.5, 0.6) is 0 Å². The normalized spacial score (nSPS) is 27.7. The maximum atomic E-state index is 14.2. The van der Waals surface area contributed by atoms with Gasteiger partial charge in [0.2, 0.25) is 11.8 Å². The first-order valence-electron chi connectivity index (χ1n) is 12.5. The predicted molar refractivity (Wildman–Crippen MR) is 145 cm³/mol. The second-order valence-corrected chi connectivity index (χ2v) is 12.0. The fourth-order valence-electron chi connectivity index (χ4n) is 6.49. The molecule has 1 saturated heterocycles. The molecule has 38 heavy (non-hydrogen) atoms. The molecule has 4 aliphatic rings. The van der Waals surface area contributed by atoms with Crippen LogP contribution < -0.4 is 0 Å². The molecule has 0 spiro atoms. The van der Waals surface area contributed by atoms with E-state index in [2.05, 4.69) is 0 Å². The SMILES string of the molecule is CC(C)[C@@H](C(=O)OCc1ccccc1Cl)N1C(=O)[C@H]2[C@H](C1=O)C1(Cl)c3ccccc3C2(Cl)c2ccccc21. The Morgan fingerprint density at radius 1 is 0.816 bits per heavy atom. The molecule has 0 N–H and O–H groups in total. The van der Waals surface area contributed by atoms with E-state index in [1.165, 1.54) is 0 Å². The van der Waals surface area contributed by atoms with Crippen LogP contribution in [-0.2, 0) is 35.5 Å². The number of rotatable bonds is 5. The number of amides is 2. The fourth-order valence-corrected chi connectivity index (χ4v) is 7.78. The van der Waals surface area contributed by atoms with Gasteiger partial charge in [0.15, 0.2) is 0 Å². The molecule has 0 aromatic heterocycles. The van der Waals surface area contributed by atoms with Gasteiger partial charge < -0.3 is 4.74 Å². The van der Waals surface area contributed by atoms with Crippen LogP contribution in [0.25, 0.3) is 0 Å². The Kier molecular flexibility index (Phi) is 5.91. The van der Waals surface area contributed by atoms with Gasteiger partial charge in [-0.15, -0.1) is 23.2 Å². The largest absolute Gasteiger partial charge is 0.459 e. The number of esters is 1. The lowest BCUT2D eigenvalue weighted by Crippen LogP contribution is -2.57. The number of hydrogen-bond acceptors (Lipinski definition) is 4. The van der Waals surface area contributed by atoms with Crippen molar-refractivity contribution in [2.45, 2.75) is 36.2 Å². The molecule has 8 heteroatoms. The third kappa shape index (κ3) is 3.22. The number of imide groups is 1. The molecule has 1 fully saturated rings. The Morgan fingerprint density at radius 3 is 1.66 bits per heavy atom. The molecule has 0 unspecified atom stereocenters. The van der Waals surface area contributed by atoms with Crippen molar-refractivity contribution in [1.29, 1.82) is 0 Å². The van der Waals surface area contributed by atoms with Crippen molar-refractivity contribution in [2.24, 2.45) is 17.8 Å². The molecule has 7 rings (SSSR count). The minimum atomic E-state index is -1.31. The van der Waals surface area contributed by atoms with Crippen molar-refractivity contribution in [3.8, 4) is 0 Å². The van der Waals surface area contributed by atoms with Gasteiger partial charge in [-0.05, 0) is 34.2 Å². The predicted octanol–water partition coefficient (Wildman–Crippen LogP) is 6.00. The summed E-state index contributed by atoms with van der Waals surface area (Å²) in [4.78, 5) is 40.3. The minimum Gasteiger partial charge on any atom is -0.459 e. The van der Waals surface area contributed by atoms with Gasteiger partial charge in [-0.2, -0.15) is 0 Å². The van der Waals surface area contributed by atoms with E-state index in [1.54, 1.807) is 38.1 Å². The molecule has 194 valence electrons. The van der Waals surface area contributed by atoms with Gasteiger partial charge in [-0.1, -0.05) is 92.2 Å². The van der Waals surface area contributed by atoms with Crippen LogP contribution in [-0.4, -0.2) is 28.7 Å². The third-order valence-electron chi connectivity index (χ3n) is 8.10. The van der Waals surface area contributed by atoms with Crippen LogP contribution in [0.15, 0.2) is 72.8 Å². The number of carbonyl (C=O) groups is 3. The molecule has 1 heterocycles. The fraction of sp³-hybridized carbons (Fsp3) is 0.300. The van der Waals surface area contributed by atoms with E-state index in [-0.39, 0.29) is 6.61 Å². The highest BCUT2D eigenvalue weighted by molar-refractivity contribution is 6.36. The molecule has 3 aromatic rings. The second-order valence-electron chi connectivity index (χ2n) is 10.4. The lowest BCUT2D eigenvalue weighted by Gasteiger charge is -2.54. The number of likely N-dealkylation sites (tertiary alicyclic amines) is 1. The van der Waals surface area contributed by atoms with Gasteiger partial charge >= 0.3 is 5.97 Å². The van der Waals surface area contributed by atoms with Gasteiger partial charge in [-0.25, -0.2) is 4.79 Å². The summed E-state index contributed by atoms with van der Waals surface area (Å²) >= 11 is 21.2. The highest BCUT2D eigenvalue weighted by atomic mass is 35.5. The molecule has 3 aromatic carbocycles. The molecule has 2 amide bonds. The number of carbonyl (C=O) groups excluding carboxylic acids is 3. The van der Waals surface area contributed by atoms with Crippen molar-refractivity contribution < 1.29 is 19.1 Å². The lowest BCUT2D eigenvalue weighted by atomic mass is 9.54. The van der Waals surface area contributed by atoms with Crippen molar-refractivity contribution in [3.63, 3.8) is 0 Å². The number of halogens is 3. The van der Waals surface area contributed by atoms with Gasteiger partial charge in [0.25, 0.3) is 0 Å². The summed E-state index contributed by atoms with van der Waals surface area (Å²) < 4.78 is 5.60. The zero-order chi connectivity index (χ0) is 27.0. The smallest absolute Gasteiger partial charge is 0.329 e. The van der Waals surface area contributed by atoms with Gasteiger partial charge in [0.1, 0.15) is 22.4 Å². The molecule has 2 bridgehead atoms. The van der Waals surface area contributed by atoms with Crippen LogP contribution in [0.1, 0.15) is 41.7 Å². The summed E-state index contributed by atoms with van der Waals surface area (Å²) in [6, 6.07) is 20.7. The van der Waals surface area contributed by atoms with Crippen LogP contribution in [0.2, 0.25) is 5.02 Å². The van der Waals surface area contributed by atoms with E-state index in [0.29, 0.717) is 32.8 Å². The van der Waals surface area contributed by atoms with E-state index in [4.69, 9.17) is 39.5 Å². The maximum absolute atomic E-state index is 14.2. The molecular formula is C30H24Cl3NO4. The zero-order valence-corrected chi connectivity index (χ0v) is 22.9. The monoisotopic (exact) mass is 567 g/mol. The van der Waals surface area contributed by atoms with Gasteiger partial charge in [-0.3, -0.25) is 14.5 Å². The standard InChI is InChI=1S/C30H24Cl3NO4/c1-16(2)25(28(37)38-15-17-9-3-8-14-22(17)31)34-26(35)23-24(27(34)36)30(33)19-11-5-4-10-18(19)29(23,32)20-12-6-7-13-21(20)30/h3-14,16,23-25H,15H2,1-2H3/t23-,24-,25+,29?,30?/m1/s1. The van der Waals surface area contributed by atoms with Crippen molar-refractivity contribution >= 4 is 52.6 Å². The van der Waals surface area contributed by atoms with E-state index in [0.717, 1.165) is 4.90 Å². The van der Waals surface area contributed by atoms with E-state index in [1.807, 2.05) is 48.5 Å². The summed E-state index contributed by atoms with van der Waals surface area (Å²) in [5.74, 6) is -4.08. The Hall–Kier alpha value is -2.86. The number of alkyl halides is 2. The van der Waals surface area contributed by atoms with Gasteiger partial charge in [0, 0.05) is 10.6 Å². The summed E-state index contributed by atoms with van der Waals surface area (Å²) in [5.41, 5.74) is 3.47. The Balaban J connectivity index is 1.43. The molecule has 5 nitrogen and oxygen atoms in total. The van der Waals surface area contributed by atoms with E-state index in [9.17, 15) is 14.4 Å². The number of benzene rings is 3. The molecular weight excluding hydrogens is 545 g/mol. The molecule has 0 saturated carbocycles. The summed E-state index contributed by atoms with van der Waals surface area (Å²) in [7, 11) is 0. The van der Waals surface area contributed by atoms with Crippen LogP contribution in [0.4, 0.5) is 0 Å². The summed E-state index contributed by atoms with van der Waals surface area (Å²) in [5, 5.41) is 0.459. The summed E-state index contributed by atoms with van der Waals surface area (Å²) in [6.07, 6.45) is 0. The number of nitrogens with zero attached hydrogens (tertiary/aromatic N) is 1. The quantitative estimate of drug-likeness (QED) is 0.215. The van der Waals surface area contributed by atoms with Crippen molar-refractivity contribution in [3.05, 3.63) is 106 Å². The molecule has 0 radical (unpaired) electrons. The van der Waals surface area contributed by atoms with Crippen molar-refractivity contribution in [1.82, 2.24) is 4.90 Å². The zero-order valence-electron chi connectivity index (χ0n) is 20.7. The minimum absolute atomic E-state index is 0.0828. The highest BCUT2D eigenvalue weighted by Gasteiger charge is 2.74. The van der Waals surface area contributed by atoms with Crippen LogP contribution >= 0.6 is 34.8 Å². The van der Waals surface area contributed by atoms with Crippen LogP contribution in [0, 0.1) is 17.8 Å². The molecule has 1 aliphatic heterocycles. The number of hydrogen-bond donors (Lipinski definition) is 0. The maximum Gasteiger partial charge on any atom is 0.329 e. The molecule has 3 atom stereocenters. The van der Waals surface area contributed by atoms with Crippen LogP contribution in [0.3, 0.4) is 0 Å². The Morgan fingerprint density at radius 2 is 1.24 bits per heavy atom. The Bertz CT molecular complexity index is 1380. The van der Waals surface area contributed by atoms with E-state index < -0.39 is 51.3 Å². The first-order chi connectivity index (χ1) is 18.1. The average molecular weight is 569 g/mol. The number of ether oxygens (including phenoxy) is 1. The first-order valence-corrected chi connectivity index (χ1v) is 13.6. The van der Waals surface area contributed by atoms with Gasteiger partial charge in [0.05, 0.1) is 11.8 Å². The lowest BCUT2D eigenvalue weighted by molar-refractivity contribution is -0.162. The third-order valence-corrected chi connectivity index (χ3v) is 9.75. The topological polar surface area (TPSA) is 63.7 Å². The van der Waals surface area contributed by atoms with Crippen molar-refractivity contribution in [2.75, 3.05) is 0 Å².